The second kappa shape index (κ2) is 6.47. The molecule has 0 radical (unpaired) electrons. The lowest BCUT2D eigenvalue weighted by molar-refractivity contribution is 0.862. The third kappa shape index (κ3) is 6.15. The summed E-state index contributed by atoms with van der Waals surface area (Å²) >= 11 is 0. The molecule has 0 aliphatic heterocycles. The zero-order valence-corrected chi connectivity index (χ0v) is 9.17. The van der Waals surface area contributed by atoms with Crippen molar-refractivity contribution in [2.75, 3.05) is 0 Å². The lowest BCUT2D eigenvalue weighted by atomic mass is 10.0. The number of hydrogen-bond donors (Lipinski definition) is 0. The van der Waals surface area contributed by atoms with E-state index in [9.17, 15) is 0 Å². The monoisotopic (exact) mass is 176 g/mol. The zero-order valence-electron chi connectivity index (χ0n) is 9.17. The van der Waals surface area contributed by atoms with Crippen LogP contribution in [0.4, 0.5) is 0 Å². The van der Waals surface area contributed by atoms with E-state index < -0.39 is 0 Å². The molecule has 0 heteroatoms. The lowest BCUT2D eigenvalue weighted by Crippen LogP contribution is -1.90. The van der Waals surface area contributed by atoms with Gasteiger partial charge in [-0.3, -0.25) is 0 Å². The maximum Gasteiger partial charge on any atom is -0.00481 e. The second-order valence-corrected chi connectivity index (χ2v) is 3.43. The Labute approximate surface area is 82.4 Å². The highest BCUT2D eigenvalue weighted by molar-refractivity contribution is 5.20. The van der Waals surface area contributed by atoms with Crippen LogP contribution in [0, 0.1) is 5.92 Å². The molecule has 1 unspecified atom stereocenters. The molecule has 0 N–H and O–H groups in total. The van der Waals surface area contributed by atoms with Gasteiger partial charge in [-0.1, -0.05) is 55.0 Å². The molecule has 72 valence electrons. The van der Waals surface area contributed by atoms with Crippen LogP contribution >= 0.6 is 0 Å². The maximum atomic E-state index is 3.83. The minimum Gasteiger partial charge on any atom is -0.0961 e. The maximum absolute atomic E-state index is 3.83. The Morgan fingerprint density at radius 1 is 1.31 bits per heavy atom. The van der Waals surface area contributed by atoms with Crippen molar-refractivity contribution in [1.29, 1.82) is 0 Å². The van der Waals surface area contributed by atoms with E-state index in [1.165, 1.54) is 5.57 Å². The number of hydrogen-bond acceptors (Lipinski definition) is 0. The first kappa shape index (κ1) is 12.0. The van der Waals surface area contributed by atoms with E-state index in [2.05, 4.69) is 44.7 Å². The van der Waals surface area contributed by atoms with Crippen LogP contribution in [0.1, 0.15) is 27.7 Å². The molecule has 0 amide bonds. The van der Waals surface area contributed by atoms with E-state index in [1.807, 2.05) is 19.9 Å². The molecular formula is C13H20. The molecule has 0 spiro atoms. The Hall–Kier alpha value is -1.04. The van der Waals surface area contributed by atoms with Gasteiger partial charge in [-0.25, -0.2) is 0 Å². The van der Waals surface area contributed by atoms with Crippen molar-refractivity contribution < 1.29 is 0 Å². The summed E-state index contributed by atoms with van der Waals surface area (Å²) in [6, 6.07) is 0. The van der Waals surface area contributed by atoms with Crippen molar-refractivity contribution in [3.63, 3.8) is 0 Å². The van der Waals surface area contributed by atoms with Crippen molar-refractivity contribution in [1.82, 2.24) is 0 Å². The van der Waals surface area contributed by atoms with Gasteiger partial charge in [0.25, 0.3) is 0 Å². The Bertz CT molecular complexity index is 239. The molecule has 0 rings (SSSR count). The van der Waals surface area contributed by atoms with E-state index in [-0.39, 0.29) is 0 Å². The summed E-state index contributed by atoms with van der Waals surface area (Å²) in [5.74, 6) is 0.493. The second-order valence-electron chi connectivity index (χ2n) is 3.43. The lowest BCUT2D eigenvalue weighted by Gasteiger charge is -2.05. The zero-order chi connectivity index (χ0) is 10.3. The summed E-state index contributed by atoms with van der Waals surface area (Å²) in [5.41, 5.74) is 2.47. The minimum absolute atomic E-state index is 0.493. The van der Waals surface area contributed by atoms with Crippen LogP contribution in [0.3, 0.4) is 0 Å². The fourth-order valence-electron chi connectivity index (χ4n) is 0.860. The third-order valence-corrected chi connectivity index (χ3v) is 1.94. The van der Waals surface area contributed by atoms with Gasteiger partial charge >= 0.3 is 0 Å². The molecule has 0 aliphatic rings. The Kier molecular flexibility index (Phi) is 5.96. The van der Waals surface area contributed by atoms with Gasteiger partial charge in [0.1, 0.15) is 0 Å². The topological polar surface area (TPSA) is 0 Å². The summed E-state index contributed by atoms with van der Waals surface area (Å²) in [6.45, 7) is 12.2. The van der Waals surface area contributed by atoms with Gasteiger partial charge in [-0.05, 0) is 26.7 Å². The van der Waals surface area contributed by atoms with Crippen LogP contribution in [-0.4, -0.2) is 0 Å². The van der Waals surface area contributed by atoms with Gasteiger partial charge in [-0.15, -0.1) is 0 Å². The molecule has 0 aromatic heterocycles. The van der Waals surface area contributed by atoms with Crippen LogP contribution in [0.5, 0.6) is 0 Å². The SMILES string of the molecule is C=C(C)/C=C\C(C)/C(C)=C/C=C\C. The highest BCUT2D eigenvalue weighted by Gasteiger charge is 1.96. The largest absolute Gasteiger partial charge is 0.0961 e. The van der Waals surface area contributed by atoms with E-state index in [4.69, 9.17) is 0 Å². The average Bonchev–Trinajstić information content (AvgIpc) is 2.10. The first-order chi connectivity index (χ1) is 6.07. The molecule has 0 aromatic carbocycles. The number of allylic oxidation sites excluding steroid dienone is 7. The molecule has 0 nitrogen and oxygen atoms in total. The highest BCUT2D eigenvalue weighted by Crippen LogP contribution is 2.12. The molecule has 0 aromatic rings. The van der Waals surface area contributed by atoms with Crippen molar-refractivity contribution in [3.05, 3.63) is 48.1 Å². The Morgan fingerprint density at radius 3 is 2.38 bits per heavy atom. The predicted octanol–water partition coefficient (Wildman–Crippen LogP) is 4.28. The summed E-state index contributed by atoms with van der Waals surface area (Å²) in [6.07, 6.45) is 10.5. The molecule has 0 heterocycles. The summed E-state index contributed by atoms with van der Waals surface area (Å²) in [4.78, 5) is 0. The fraction of sp³-hybridized carbons (Fsp3) is 0.385. The van der Waals surface area contributed by atoms with Crippen LogP contribution in [0.25, 0.3) is 0 Å². The molecule has 1 atom stereocenters. The first-order valence-corrected chi connectivity index (χ1v) is 4.71. The average molecular weight is 176 g/mol. The third-order valence-electron chi connectivity index (χ3n) is 1.94. The molecule has 0 saturated heterocycles. The molecule has 0 aliphatic carbocycles. The summed E-state index contributed by atoms with van der Waals surface area (Å²) < 4.78 is 0. The van der Waals surface area contributed by atoms with Crippen LogP contribution in [0.15, 0.2) is 48.1 Å². The quantitative estimate of drug-likeness (QED) is 0.561. The fourth-order valence-corrected chi connectivity index (χ4v) is 0.860. The van der Waals surface area contributed by atoms with Gasteiger partial charge in [0.05, 0.1) is 0 Å². The van der Waals surface area contributed by atoms with E-state index in [0.717, 1.165) is 5.57 Å². The van der Waals surface area contributed by atoms with Crippen LogP contribution in [-0.2, 0) is 0 Å². The smallest absolute Gasteiger partial charge is 0.00481 e. The van der Waals surface area contributed by atoms with Gasteiger partial charge < -0.3 is 0 Å². The van der Waals surface area contributed by atoms with Crippen LogP contribution in [0.2, 0.25) is 0 Å². The first-order valence-electron chi connectivity index (χ1n) is 4.71. The molecule has 0 saturated carbocycles. The normalized spacial score (nSPS) is 15.5. The van der Waals surface area contributed by atoms with Gasteiger partial charge in [0.15, 0.2) is 0 Å². The molecule has 0 fully saturated rings. The number of rotatable bonds is 4. The van der Waals surface area contributed by atoms with Gasteiger partial charge in [0, 0.05) is 0 Å². The van der Waals surface area contributed by atoms with Crippen molar-refractivity contribution >= 4 is 0 Å². The highest BCUT2D eigenvalue weighted by atomic mass is 14.0. The van der Waals surface area contributed by atoms with Crippen molar-refractivity contribution in [3.8, 4) is 0 Å². The van der Waals surface area contributed by atoms with E-state index >= 15 is 0 Å². The van der Waals surface area contributed by atoms with Crippen molar-refractivity contribution in [2.24, 2.45) is 5.92 Å². The molecular weight excluding hydrogens is 156 g/mol. The van der Waals surface area contributed by atoms with Crippen LogP contribution < -0.4 is 0 Å². The van der Waals surface area contributed by atoms with E-state index in [0.29, 0.717) is 5.92 Å². The minimum atomic E-state index is 0.493. The van der Waals surface area contributed by atoms with Gasteiger partial charge in [-0.2, -0.15) is 0 Å². The summed E-state index contributed by atoms with van der Waals surface area (Å²) in [7, 11) is 0. The molecule has 13 heavy (non-hydrogen) atoms. The Balaban J connectivity index is 4.25. The van der Waals surface area contributed by atoms with Crippen molar-refractivity contribution in [2.45, 2.75) is 27.7 Å². The molecule has 0 bridgehead atoms. The van der Waals surface area contributed by atoms with Gasteiger partial charge in [0.2, 0.25) is 0 Å². The standard InChI is InChI=1S/C13H20/c1-6-7-8-12(4)13(5)10-9-11(2)3/h6-10,13H,2H2,1,3-5H3/b7-6-,10-9-,12-8+. The van der Waals surface area contributed by atoms with E-state index in [1.54, 1.807) is 0 Å². The predicted molar refractivity (Wildman–Crippen MR) is 61.7 cm³/mol. The summed E-state index contributed by atoms with van der Waals surface area (Å²) in [5, 5.41) is 0. The Morgan fingerprint density at radius 2 is 1.92 bits per heavy atom.